The van der Waals surface area contributed by atoms with Crippen LogP contribution in [0.3, 0.4) is 0 Å². The van der Waals surface area contributed by atoms with Gasteiger partial charge in [0.2, 0.25) is 0 Å². The van der Waals surface area contributed by atoms with Gasteiger partial charge >= 0.3 is 0 Å². The summed E-state index contributed by atoms with van der Waals surface area (Å²) >= 11 is 5.90. The van der Waals surface area contributed by atoms with E-state index in [2.05, 4.69) is 9.88 Å². The number of nitrogens with zero attached hydrogens (tertiary/aromatic N) is 3. The van der Waals surface area contributed by atoms with Crippen LogP contribution in [-0.4, -0.2) is 33.4 Å². The quantitative estimate of drug-likeness (QED) is 0.931. The average Bonchev–Trinajstić information content (AvgIpc) is 2.87. The first-order valence-corrected chi connectivity index (χ1v) is 7.17. The first kappa shape index (κ1) is 16.2. The van der Waals surface area contributed by atoms with Crippen LogP contribution < -0.4 is 11.3 Å². The number of likely N-dealkylation sites (tertiary alicyclic amines) is 1. The van der Waals surface area contributed by atoms with Crippen LogP contribution in [0.1, 0.15) is 18.5 Å². The fraction of sp³-hybridized carbons (Fsp3) is 0.429. The lowest BCUT2D eigenvalue weighted by atomic mass is 10.2. The van der Waals surface area contributed by atoms with Gasteiger partial charge in [-0.1, -0.05) is 11.6 Å². The molecule has 1 unspecified atom stereocenters. The average molecular weight is 329 g/mol. The van der Waals surface area contributed by atoms with Gasteiger partial charge in [0.25, 0.3) is 5.56 Å². The molecule has 2 aromatic heterocycles. The summed E-state index contributed by atoms with van der Waals surface area (Å²) < 4.78 is 1.47. The lowest BCUT2D eigenvalue weighted by Crippen LogP contribution is -2.35. The predicted octanol–water partition coefficient (Wildman–Crippen LogP) is 1.69. The Morgan fingerprint density at radius 2 is 2.24 bits per heavy atom. The maximum absolute atomic E-state index is 12.1. The van der Waals surface area contributed by atoms with Crippen LogP contribution in [0.2, 0.25) is 5.02 Å². The molecule has 0 aromatic carbocycles. The lowest BCUT2D eigenvalue weighted by molar-refractivity contribution is 0.247. The van der Waals surface area contributed by atoms with E-state index < -0.39 is 0 Å². The van der Waals surface area contributed by atoms with Crippen LogP contribution in [0.15, 0.2) is 29.2 Å². The standard InChI is InChI=1S/C14H17ClN4O.ClH/c15-10-3-4-13-17-11(6-14(20)19(13)8-10)9-18-5-1-2-12(18)7-16;/h3-4,6,8,12H,1-2,5,7,9,16H2;1H. The minimum atomic E-state index is -0.101. The highest BCUT2D eigenvalue weighted by atomic mass is 35.5. The molecule has 1 atom stereocenters. The Hall–Kier alpha value is -1.14. The molecule has 0 spiro atoms. The number of nitrogens with two attached hydrogens (primary N) is 1. The molecule has 1 fully saturated rings. The topological polar surface area (TPSA) is 63.6 Å². The second-order valence-corrected chi connectivity index (χ2v) is 5.60. The Morgan fingerprint density at radius 1 is 1.43 bits per heavy atom. The van der Waals surface area contributed by atoms with Gasteiger partial charge in [0.15, 0.2) is 0 Å². The van der Waals surface area contributed by atoms with Crippen molar-refractivity contribution in [3.63, 3.8) is 0 Å². The van der Waals surface area contributed by atoms with Crippen molar-refractivity contribution in [1.29, 1.82) is 0 Å². The first-order chi connectivity index (χ1) is 9.67. The molecule has 7 heteroatoms. The van der Waals surface area contributed by atoms with Gasteiger partial charge in [-0.15, -0.1) is 12.4 Å². The smallest absolute Gasteiger partial charge is 0.258 e. The van der Waals surface area contributed by atoms with Gasteiger partial charge in [-0.25, -0.2) is 4.98 Å². The SMILES string of the molecule is Cl.NCC1CCCN1Cc1cc(=O)n2cc(Cl)ccc2n1. The van der Waals surface area contributed by atoms with Gasteiger partial charge in [-0.2, -0.15) is 0 Å². The van der Waals surface area contributed by atoms with Crippen LogP contribution in [0, 0.1) is 0 Å². The number of halogens is 2. The largest absolute Gasteiger partial charge is 0.329 e. The zero-order valence-corrected chi connectivity index (χ0v) is 13.1. The molecule has 0 amide bonds. The molecule has 1 saturated heterocycles. The lowest BCUT2D eigenvalue weighted by Gasteiger charge is -2.22. The first-order valence-electron chi connectivity index (χ1n) is 6.79. The number of pyridine rings is 1. The van der Waals surface area contributed by atoms with Crippen molar-refractivity contribution in [2.24, 2.45) is 5.73 Å². The van der Waals surface area contributed by atoms with Gasteiger partial charge in [0, 0.05) is 31.4 Å². The monoisotopic (exact) mass is 328 g/mol. The van der Waals surface area contributed by atoms with Crippen LogP contribution in [0.5, 0.6) is 0 Å². The summed E-state index contributed by atoms with van der Waals surface area (Å²) in [5.41, 5.74) is 7.09. The van der Waals surface area contributed by atoms with Crippen molar-refractivity contribution < 1.29 is 0 Å². The molecule has 2 aromatic rings. The molecule has 114 valence electrons. The third-order valence-electron chi connectivity index (χ3n) is 3.81. The molecule has 0 saturated carbocycles. The Labute approximate surface area is 134 Å². The summed E-state index contributed by atoms with van der Waals surface area (Å²) in [6, 6.07) is 5.49. The van der Waals surface area contributed by atoms with Crippen molar-refractivity contribution in [2.45, 2.75) is 25.4 Å². The van der Waals surface area contributed by atoms with Gasteiger partial charge < -0.3 is 5.73 Å². The van der Waals surface area contributed by atoms with Gasteiger partial charge in [-0.3, -0.25) is 14.1 Å². The predicted molar refractivity (Wildman–Crippen MR) is 86.2 cm³/mol. The summed E-state index contributed by atoms with van der Waals surface area (Å²) in [5, 5.41) is 0.525. The third kappa shape index (κ3) is 3.37. The highest BCUT2D eigenvalue weighted by molar-refractivity contribution is 6.30. The molecule has 0 aliphatic carbocycles. The maximum atomic E-state index is 12.1. The molecule has 3 heterocycles. The molecule has 5 nitrogen and oxygen atoms in total. The van der Waals surface area contributed by atoms with Crippen LogP contribution in [0.4, 0.5) is 0 Å². The van der Waals surface area contributed by atoms with Crippen LogP contribution in [0.25, 0.3) is 5.65 Å². The number of hydrogen-bond acceptors (Lipinski definition) is 4. The maximum Gasteiger partial charge on any atom is 0.258 e. The zero-order chi connectivity index (χ0) is 14.1. The van der Waals surface area contributed by atoms with E-state index in [9.17, 15) is 4.79 Å². The highest BCUT2D eigenvalue weighted by Crippen LogP contribution is 2.18. The highest BCUT2D eigenvalue weighted by Gasteiger charge is 2.23. The van der Waals surface area contributed by atoms with E-state index in [1.54, 1.807) is 24.4 Å². The fourth-order valence-corrected chi connectivity index (χ4v) is 2.95. The van der Waals surface area contributed by atoms with Crippen molar-refractivity contribution in [3.05, 3.63) is 45.5 Å². The number of hydrogen-bond donors (Lipinski definition) is 1. The van der Waals surface area contributed by atoms with Crippen molar-refractivity contribution in [3.8, 4) is 0 Å². The molecule has 1 aliphatic rings. The number of rotatable bonds is 3. The minimum absolute atomic E-state index is 0. The summed E-state index contributed by atoms with van der Waals surface area (Å²) in [6.07, 6.45) is 3.87. The molecule has 0 radical (unpaired) electrons. The normalized spacial score (nSPS) is 18.9. The third-order valence-corrected chi connectivity index (χ3v) is 4.04. The molecule has 21 heavy (non-hydrogen) atoms. The van der Waals surface area contributed by atoms with E-state index in [1.165, 1.54) is 4.40 Å². The number of aromatic nitrogens is 2. The van der Waals surface area contributed by atoms with E-state index in [0.717, 1.165) is 25.1 Å². The van der Waals surface area contributed by atoms with Gasteiger partial charge in [0.05, 0.1) is 10.7 Å². The molecule has 3 rings (SSSR count). The van der Waals surface area contributed by atoms with Gasteiger partial charge in [0.1, 0.15) is 5.65 Å². The van der Waals surface area contributed by atoms with Crippen LogP contribution >= 0.6 is 24.0 Å². The van der Waals surface area contributed by atoms with Gasteiger partial charge in [-0.05, 0) is 31.5 Å². The second kappa shape index (κ2) is 6.75. The molecular formula is C14H18Cl2N4O. The summed E-state index contributed by atoms with van der Waals surface area (Å²) in [7, 11) is 0. The minimum Gasteiger partial charge on any atom is -0.329 e. The van der Waals surface area contributed by atoms with E-state index in [-0.39, 0.29) is 18.0 Å². The van der Waals surface area contributed by atoms with E-state index in [0.29, 0.717) is 29.8 Å². The molecule has 2 N–H and O–H groups in total. The summed E-state index contributed by atoms with van der Waals surface area (Å²) in [6.45, 7) is 2.35. The van der Waals surface area contributed by atoms with Crippen LogP contribution in [-0.2, 0) is 6.54 Å². The van der Waals surface area contributed by atoms with Crippen molar-refractivity contribution in [2.75, 3.05) is 13.1 Å². The fourth-order valence-electron chi connectivity index (χ4n) is 2.79. The Kier molecular flexibility index (Phi) is 5.22. The van der Waals surface area contributed by atoms with E-state index in [1.807, 2.05) is 0 Å². The summed E-state index contributed by atoms with van der Waals surface area (Å²) in [4.78, 5) is 18.9. The van der Waals surface area contributed by atoms with Crippen molar-refractivity contribution in [1.82, 2.24) is 14.3 Å². The Morgan fingerprint density at radius 3 is 3.00 bits per heavy atom. The van der Waals surface area contributed by atoms with Crippen molar-refractivity contribution >= 4 is 29.7 Å². The van der Waals surface area contributed by atoms with E-state index in [4.69, 9.17) is 17.3 Å². The Bertz CT molecular complexity index is 688. The molecule has 0 bridgehead atoms. The van der Waals surface area contributed by atoms with E-state index >= 15 is 0 Å². The Balaban J connectivity index is 0.00000161. The number of fused-ring (bicyclic) bond motifs is 1. The molecular weight excluding hydrogens is 311 g/mol. The summed E-state index contributed by atoms with van der Waals surface area (Å²) in [5.74, 6) is 0. The zero-order valence-electron chi connectivity index (χ0n) is 11.5. The second-order valence-electron chi connectivity index (χ2n) is 5.16. The molecule has 1 aliphatic heterocycles.